The molecule has 0 aromatic carbocycles. The SMILES string of the molecule is O=C(NC1CC2CCC(C1)N2)c1cn[nH]n1. The van der Waals surface area contributed by atoms with Gasteiger partial charge in [0.2, 0.25) is 0 Å². The fourth-order valence-electron chi connectivity index (χ4n) is 2.75. The molecule has 0 aliphatic carbocycles. The smallest absolute Gasteiger partial charge is 0.273 e. The lowest BCUT2D eigenvalue weighted by atomic mass is 10.00. The topological polar surface area (TPSA) is 82.7 Å². The molecule has 0 saturated carbocycles. The van der Waals surface area contributed by atoms with E-state index in [9.17, 15) is 4.79 Å². The number of fused-ring (bicyclic) bond motifs is 2. The highest BCUT2D eigenvalue weighted by atomic mass is 16.2. The first kappa shape index (κ1) is 9.77. The van der Waals surface area contributed by atoms with Gasteiger partial charge in [-0.25, -0.2) is 0 Å². The Morgan fingerprint density at radius 1 is 1.38 bits per heavy atom. The average molecular weight is 221 g/mol. The van der Waals surface area contributed by atoms with Crippen molar-refractivity contribution in [3.05, 3.63) is 11.9 Å². The summed E-state index contributed by atoms with van der Waals surface area (Å²) in [7, 11) is 0. The molecule has 3 N–H and O–H groups in total. The summed E-state index contributed by atoms with van der Waals surface area (Å²) in [5.41, 5.74) is 0.367. The molecule has 1 aromatic heterocycles. The van der Waals surface area contributed by atoms with Crippen LogP contribution in [0.1, 0.15) is 36.2 Å². The van der Waals surface area contributed by atoms with Crippen LogP contribution in [0.25, 0.3) is 0 Å². The molecule has 2 unspecified atom stereocenters. The first-order valence-electron chi connectivity index (χ1n) is 5.74. The van der Waals surface area contributed by atoms with E-state index >= 15 is 0 Å². The predicted octanol–water partition coefficient (Wildman–Crippen LogP) is -0.183. The number of amides is 1. The Balaban J connectivity index is 1.61. The predicted molar refractivity (Wildman–Crippen MR) is 56.8 cm³/mol. The van der Waals surface area contributed by atoms with Gasteiger partial charge in [0.15, 0.2) is 5.69 Å². The average Bonchev–Trinajstić information content (AvgIpc) is 2.88. The van der Waals surface area contributed by atoms with Crippen molar-refractivity contribution in [1.29, 1.82) is 0 Å². The lowest BCUT2D eigenvalue weighted by molar-refractivity contribution is 0.0919. The van der Waals surface area contributed by atoms with Gasteiger partial charge >= 0.3 is 0 Å². The maximum absolute atomic E-state index is 11.8. The summed E-state index contributed by atoms with van der Waals surface area (Å²) in [4.78, 5) is 11.8. The number of nitrogens with one attached hydrogen (secondary N) is 3. The van der Waals surface area contributed by atoms with Crippen LogP contribution in [0.15, 0.2) is 6.20 Å². The molecule has 0 radical (unpaired) electrons. The summed E-state index contributed by atoms with van der Waals surface area (Å²) < 4.78 is 0. The van der Waals surface area contributed by atoms with Gasteiger partial charge in [-0.15, -0.1) is 0 Å². The zero-order valence-electron chi connectivity index (χ0n) is 8.94. The third-order valence-corrected chi connectivity index (χ3v) is 3.46. The number of carbonyl (C=O) groups excluding carboxylic acids is 1. The molecule has 3 rings (SSSR count). The van der Waals surface area contributed by atoms with Crippen molar-refractivity contribution >= 4 is 5.91 Å². The van der Waals surface area contributed by atoms with E-state index in [-0.39, 0.29) is 11.9 Å². The lowest BCUT2D eigenvalue weighted by Gasteiger charge is -2.29. The largest absolute Gasteiger partial charge is 0.348 e. The molecule has 2 aliphatic rings. The number of nitrogens with zero attached hydrogens (tertiary/aromatic N) is 2. The molecular formula is C10H15N5O. The normalized spacial score (nSPS) is 32.6. The Kier molecular flexibility index (Phi) is 2.36. The van der Waals surface area contributed by atoms with E-state index in [2.05, 4.69) is 26.0 Å². The number of carbonyl (C=O) groups is 1. The summed E-state index contributed by atoms with van der Waals surface area (Å²) >= 11 is 0. The van der Waals surface area contributed by atoms with E-state index in [1.165, 1.54) is 19.0 Å². The Morgan fingerprint density at radius 2 is 2.12 bits per heavy atom. The van der Waals surface area contributed by atoms with Crippen LogP contribution in [0.3, 0.4) is 0 Å². The quantitative estimate of drug-likeness (QED) is 0.647. The lowest BCUT2D eigenvalue weighted by Crippen LogP contribution is -2.48. The van der Waals surface area contributed by atoms with Gasteiger partial charge in [0, 0.05) is 18.1 Å². The van der Waals surface area contributed by atoms with Crippen LogP contribution in [-0.2, 0) is 0 Å². The number of hydrogen-bond acceptors (Lipinski definition) is 4. The van der Waals surface area contributed by atoms with Gasteiger partial charge < -0.3 is 10.6 Å². The van der Waals surface area contributed by atoms with Crippen LogP contribution in [0.4, 0.5) is 0 Å². The van der Waals surface area contributed by atoms with E-state index in [0.717, 1.165) is 12.8 Å². The molecule has 2 atom stereocenters. The highest BCUT2D eigenvalue weighted by Crippen LogP contribution is 2.26. The highest BCUT2D eigenvalue weighted by Gasteiger charge is 2.34. The standard InChI is InChI=1S/C10H15N5O/c16-10(9-5-11-15-14-9)13-8-3-6-1-2-7(4-8)12-6/h5-8,12H,1-4H2,(H,13,16)(H,11,14,15). The second-order valence-electron chi connectivity index (χ2n) is 4.63. The summed E-state index contributed by atoms with van der Waals surface area (Å²) in [5, 5.41) is 16.4. The molecule has 1 aromatic rings. The number of aromatic nitrogens is 3. The molecule has 3 heterocycles. The maximum atomic E-state index is 11.8. The van der Waals surface area contributed by atoms with Gasteiger partial charge in [-0.05, 0) is 25.7 Å². The van der Waals surface area contributed by atoms with Gasteiger partial charge in [-0.3, -0.25) is 4.79 Å². The molecular weight excluding hydrogens is 206 g/mol. The van der Waals surface area contributed by atoms with Crippen molar-refractivity contribution in [2.45, 2.75) is 43.8 Å². The fourth-order valence-corrected chi connectivity index (χ4v) is 2.75. The second kappa shape index (κ2) is 3.86. The Labute approximate surface area is 93.2 Å². The van der Waals surface area contributed by atoms with Gasteiger partial charge in [-0.2, -0.15) is 15.4 Å². The maximum Gasteiger partial charge on any atom is 0.273 e. The third-order valence-electron chi connectivity index (χ3n) is 3.46. The zero-order valence-corrected chi connectivity index (χ0v) is 8.94. The number of aromatic amines is 1. The monoisotopic (exact) mass is 221 g/mol. The van der Waals surface area contributed by atoms with Crippen LogP contribution < -0.4 is 10.6 Å². The van der Waals surface area contributed by atoms with E-state index in [4.69, 9.17) is 0 Å². The van der Waals surface area contributed by atoms with Gasteiger partial charge in [-0.1, -0.05) is 0 Å². The Hall–Kier alpha value is -1.43. The highest BCUT2D eigenvalue weighted by molar-refractivity contribution is 5.92. The third kappa shape index (κ3) is 1.80. The van der Waals surface area contributed by atoms with Crippen molar-refractivity contribution in [2.75, 3.05) is 0 Å². The van der Waals surface area contributed by atoms with Crippen molar-refractivity contribution in [3.8, 4) is 0 Å². The number of H-pyrrole nitrogens is 1. The molecule has 2 fully saturated rings. The molecule has 86 valence electrons. The van der Waals surface area contributed by atoms with Gasteiger partial charge in [0.05, 0.1) is 6.20 Å². The van der Waals surface area contributed by atoms with E-state index < -0.39 is 0 Å². The van der Waals surface area contributed by atoms with Crippen LogP contribution in [0.5, 0.6) is 0 Å². The van der Waals surface area contributed by atoms with E-state index in [0.29, 0.717) is 17.8 Å². The van der Waals surface area contributed by atoms with E-state index in [1.807, 2.05) is 0 Å². The Morgan fingerprint density at radius 3 is 2.75 bits per heavy atom. The number of hydrogen-bond donors (Lipinski definition) is 3. The Bertz CT molecular complexity index is 365. The molecule has 6 heteroatoms. The van der Waals surface area contributed by atoms with Crippen molar-refractivity contribution in [1.82, 2.24) is 26.0 Å². The summed E-state index contributed by atoms with van der Waals surface area (Å²) in [6, 6.07) is 1.45. The number of piperidine rings is 1. The van der Waals surface area contributed by atoms with Crippen LogP contribution in [0, 0.1) is 0 Å². The summed E-state index contributed by atoms with van der Waals surface area (Å²) in [6.07, 6.45) is 5.98. The van der Waals surface area contributed by atoms with Gasteiger partial charge in [0.1, 0.15) is 0 Å². The molecule has 1 amide bonds. The summed E-state index contributed by atoms with van der Waals surface area (Å²) in [6.45, 7) is 0. The first-order chi connectivity index (χ1) is 7.81. The first-order valence-corrected chi connectivity index (χ1v) is 5.74. The second-order valence-corrected chi connectivity index (χ2v) is 4.63. The zero-order chi connectivity index (χ0) is 11.0. The molecule has 2 aliphatic heterocycles. The molecule has 0 spiro atoms. The van der Waals surface area contributed by atoms with Crippen LogP contribution in [0.2, 0.25) is 0 Å². The molecule has 16 heavy (non-hydrogen) atoms. The molecule has 2 bridgehead atoms. The van der Waals surface area contributed by atoms with Gasteiger partial charge in [0.25, 0.3) is 5.91 Å². The minimum atomic E-state index is -0.125. The molecule has 6 nitrogen and oxygen atoms in total. The van der Waals surface area contributed by atoms with Crippen LogP contribution in [-0.4, -0.2) is 39.4 Å². The van der Waals surface area contributed by atoms with E-state index in [1.54, 1.807) is 0 Å². The minimum Gasteiger partial charge on any atom is -0.348 e. The van der Waals surface area contributed by atoms with Crippen molar-refractivity contribution in [2.24, 2.45) is 0 Å². The number of rotatable bonds is 2. The summed E-state index contributed by atoms with van der Waals surface area (Å²) in [5.74, 6) is -0.125. The van der Waals surface area contributed by atoms with Crippen LogP contribution >= 0.6 is 0 Å². The fraction of sp³-hybridized carbons (Fsp3) is 0.700. The van der Waals surface area contributed by atoms with Crippen molar-refractivity contribution in [3.63, 3.8) is 0 Å². The minimum absolute atomic E-state index is 0.125. The molecule has 2 saturated heterocycles. The van der Waals surface area contributed by atoms with Crippen molar-refractivity contribution < 1.29 is 4.79 Å².